The molecule has 1 unspecified atom stereocenters. The zero-order valence-corrected chi connectivity index (χ0v) is 18.3. The van der Waals surface area contributed by atoms with Crippen molar-refractivity contribution in [3.05, 3.63) is 65.7 Å². The summed E-state index contributed by atoms with van der Waals surface area (Å²) in [6.45, 7) is 13.6. The van der Waals surface area contributed by atoms with Crippen LogP contribution in [0.3, 0.4) is 0 Å². The lowest BCUT2D eigenvalue weighted by Crippen LogP contribution is -2.42. The fourth-order valence-corrected chi connectivity index (χ4v) is 5.78. The van der Waals surface area contributed by atoms with Crippen LogP contribution in [0.1, 0.15) is 28.4 Å². The third kappa shape index (κ3) is 5.77. The molecule has 2 rings (SSSR count). The molecule has 0 bridgehead atoms. The van der Waals surface area contributed by atoms with Crippen LogP contribution in [-0.2, 0) is 4.43 Å². The van der Waals surface area contributed by atoms with E-state index in [2.05, 4.69) is 63.5 Å². The van der Waals surface area contributed by atoms with Gasteiger partial charge in [0.15, 0.2) is 14.1 Å². The van der Waals surface area contributed by atoms with Crippen molar-refractivity contribution in [2.75, 3.05) is 0 Å². The maximum atomic E-state index is 12.8. The summed E-state index contributed by atoms with van der Waals surface area (Å²) in [4.78, 5) is 12.8. The molecule has 0 aliphatic carbocycles. The van der Waals surface area contributed by atoms with Gasteiger partial charge in [-0.15, -0.1) is 0 Å². The molecule has 2 aromatic carbocycles. The lowest BCUT2D eigenvalue weighted by Gasteiger charge is -2.31. The van der Waals surface area contributed by atoms with Gasteiger partial charge < -0.3 is 4.43 Å². The molecule has 0 saturated heterocycles. The van der Waals surface area contributed by atoms with Gasteiger partial charge in [0.05, 0.1) is 14.2 Å². The largest absolute Gasteiger partial charge is 0.410 e. The highest BCUT2D eigenvalue weighted by Crippen LogP contribution is 2.27. The first-order valence-corrected chi connectivity index (χ1v) is 15.8. The number of Topliss-reactive ketones (excluding diaryl/α,β-unsaturated/α-hetero) is 1. The van der Waals surface area contributed by atoms with Gasteiger partial charge in [-0.25, -0.2) is 0 Å². The Kier molecular flexibility index (Phi) is 6.19. The maximum absolute atomic E-state index is 12.8. The van der Waals surface area contributed by atoms with Gasteiger partial charge in [0, 0.05) is 12.0 Å². The minimum Gasteiger partial charge on any atom is -0.410 e. The monoisotopic (exact) mass is 370 g/mol. The molecule has 2 aromatic rings. The zero-order chi connectivity index (χ0) is 18.7. The molecule has 0 radical (unpaired) electrons. The number of carbonyl (C=O) groups is 1. The first-order chi connectivity index (χ1) is 11.6. The van der Waals surface area contributed by atoms with Crippen LogP contribution in [0.4, 0.5) is 0 Å². The minimum absolute atomic E-state index is 0.147. The van der Waals surface area contributed by atoms with Crippen LogP contribution in [0.5, 0.6) is 0 Å². The molecule has 0 aliphatic rings. The number of benzene rings is 2. The molecule has 0 amide bonds. The number of carbonyl (C=O) groups excluding carboxylic acids is 1. The van der Waals surface area contributed by atoms with E-state index in [1.807, 2.05) is 30.3 Å². The van der Waals surface area contributed by atoms with Crippen molar-refractivity contribution in [1.82, 2.24) is 0 Å². The number of hydrogen-bond donors (Lipinski definition) is 0. The summed E-state index contributed by atoms with van der Waals surface area (Å²) in [6, 6.07) is 18.1. The number of hydrogen-bond acceptors (Lipinski definition) is 2. The standard InChI is InChI=1S/C21H30O2Si2/c1-24(2,3)21-15-11-10-14-18(21)20(23-25(4,5)6)16-19(22)17-12-8-7-9-13-17/h7-15,20H,16H2,1-6H3. The zero-order valence-electron chi connectivity index (χ0n) is 16.3. The van der Waals surface area contributed by atoms with E-state index in [0.717, 1.165) is 5.56 Å². The van der Waals surface area contributed by atoms with Crippen molar-refractivity contribution in [2.45, 2.75) is 51.8 Å². The fourth-order valence-electron chi connectivity index (χ4n) is 3.01. The van der Waals surface area contributed by atoms with Gasteiger partial charge >= 0.3 is 0 Å². The van der Waals surface area contributed by atoms with E-state index in [-0.39, 0.29) is 11.9 Å². The molecule has 0 fully saturated rings. The van der Waals surface area contributed by atoms with Crippen LogP contribution in [0.15, 0.2) is 54.6 Å². The van der Waals surface area contributed by atoms with Gasteiger partial charge in [-0.1, -0.05) is 79.4 Å². The maximum Gasteiger partial charge on any atom is 0.184 e. The smallest absolute Gasteiger partial charge is 0.184 e. The van der Waals surface area contributed by atoms with Gasteiger partial charge in [-0.3, -0.25) is 4.79 Å². The van der Waals surface area contributed by atoms with Crippen molar-refractivity contribution < 1.29 is 9.22 Å². The quantitative estimate of drug-likeness (QED) is 0.482. The molecular weight excluding hydrogens is 340 g/mol. The van der Waals surface area contributed by atoms with E-state index in [9.17, 15) is 4.79 Å². The normalized spacial score (nSPS) is 13.5. The van der Waals surface area contributed by atoms with Crippen LogP contribution >= 0.6 is 0 Å². The second-order valence-corrected chi connectivity index (χ2v) is 18.0. The highest BCUT2D eigenvalue weighted by Gasteiger charge is 2.29. The molecule has 0 aromatic heterocycles. The van der Waals surface area contributed by atoms with Crippen LogP contribution in [-0.4, -0.2) is 22.2 Å². The fraction of sp³-hybridized carbons (Fsp3) is 0.381. The first kappa shape index (κ1) is 19.8. The van der Waals surface area contributed by atoms with Gasteiger partial charge in [-0.2, -0.15) is 0 Å². The molecule has 25 heavy (non-hydrogen) atoms. The summed E-state index contributed by atoms with van der Waals surface area (Å²) >= 11 is 0. The molecule has 134 valence electrons. The highest BCUT2D eigenvalue weighted by molar-refractivity contribution is 6.89. The van der Waals surface area contributed by atoms with Crippen molar-refractivity contribution >= 4 is 27.4 Å². The molecule has 0 saturated carbocycles. The van der Waals surface area contributed by atoms with Gasteiger partial charge in [0.2, 0.25) is 0 Å². The molecule has 0 N–H and O–H groups in total. The SMILES string of the molecule is C[Si](C)(C)OC(CC(=O)c1ccccc1)c1ccccc1[Si](C)(C)C. The Morgan fingerprint density at radius 1 is 0.880 bits per heavy atom. The van der Waals surface area contributed by atoms with Crippen LogP contribution in [0.2, 0.25) is 39.3 Å². The van der Waals surface area contributed by atoms with Crippen LogP contribution in [0, 0.1) is 0 Å². The lowest BCUT2D eigenvalue weighted by atomic mass is 10.0. The molecule has 0 spiro atoms. The van der Waals surface area contributed by atoms with Crippen molar-refractivity contribution in [3.63, 3.8) is 0 Å². The average molecular weight is 371 g/mol. The summed E-state index contributed by atoms with van der Waals surface area (Å²) in [5.74, 6) is 0.147. The Hall–Kier alpha value is -1.50. The van der Waals surface area contributed by atoms with E-state index in [1.54, 1.807) is 0 Å². The van der Waals surface area contributed by atoms with Crippen molar-refractivity contribution in [1.29, 1.82) is 0 Å². The van der Waals surface area contributed by atoms with E-state index < -0.39 is 16.4 Å². The molecular formula is C21H30O2Si2. The third-order valence-corrected chi connectivity index (χ3v) is 7.14. The summed E-state index contributed by atoms with van der Waals surface area (Å²) in [5, 5.41) is 1.39. The first-order valence-electron chi connectivity index (χ1n) is 8.93. The molecule has 2 nitrogen and oxygen atoms in total. The van der Waals surface area contributed by atoms with Gasteiger partial charge in [0.25, 0.3) is 0 Å². The Morgan fingerprint density at radius 2 is 1.44 bits per heavy atom. The molecule has 0 heterocycles. The van der Waals surface area contributed by atoms with Crippen molar-refractivity contribution in [2.24, 2.45) is 0 Å². The van der Waals surface area contributed by atoms with E-state index >= 15 is 0 Å². The molecule has 0 aliphatic heterocycles. The Morgan fingerprint density at radius 3 is 2.00 bits per heavy atom. The second-order valence-electron chi connectivity index (χ2n) is 8.55. The number of ketones is 1. The van der Waals surface area contributed by atoms with Crippen LogP contribution < -0.4 is 5.19 Å². The van der Waals surface area contributed by atoms with Crippen LogP contribution in [0.25, 0.3) is 0 Å². The predicted octanol–water partition coefficient (Wildman–Crippen LogP) is 5.40. The predicted molar refractivity (Wildman–Crippen MR) is 112 cm³/mol. The Balaban J connectivity index is 2.39. The van der Waals surface area contributed by atoms with E-state index in [1.165, 1.54) is 10.8 Å². The molecule has 4 heteroatoms. The second kappa shape index (κ2) is 7.81. The van der Waals surface area contributed by atoms with Gasteiger partial charge in [-0.05, 0) is 25.2 Å². The minimum atomic E-state index is -1.79. The topological polar surface area (TPSA) is 26.3 Å². The summed E-state index contributed by atoms with van der Waals surface area (Å²) in [7, 11) is -3.31. The van der Waals surface area contributed by atoms with E-state index in [4.69, 9.17) is 4.43 Å². The third-order valence-electron chi connectivity index (χ3n) is 4.08. The lowest BCUT2D eigenvalue weighted by molar-refractivity contribution is 0.0901. The van der Waals surface area contributed by atoms with Gasteiger partial charge in [0.1, 0.15) is 0 Å². The Bertz CT molecular complexity index is 713. The Labute approximate surface area is 154 Å². The van der Waals surface area contributed by atoms with Crippen molar-refractivity contribution in [3.8, 4) is 0 Å². The summed E-state index contributed by atoms with van der Waals surface area (Å²) < 4.78 is 6.49. The molecule has 1 atom stereocenters. The average Bonchev–Trinajstić information content (AvgIpc) is 2.53. The summed E-state index contributed by atoms with van der Waals surface area (Å²) in [5.41, 5.74) is 1.96. The number of rotatable bonds is 7. The van der Waals surface area contributed by atoms with E-state index in [0.29, 0.717) is 6.42 Å². The summed E-state index contributed by atoms with van der Waals surface area (Å²) in [6.07, 6.45) is 0.234. The highest BCUT2D eigenvalue weighted by atomic mass is 28.4.